The molecule has 3 nitrogen and oxygen atoms in total. The Morgan fingerprint density at radius 1 is 1.42 bits per heavy atom. The molecule has 1 aromatic carbocycles. The zero-order valence-corrected chi connectivity index (χ0v) is 11.7. The molecular formula is C14H14FN3S. The molecule has 0 N–H and O–H groups in total. The van der Waals surface area contributed by atoms with Gasteiger partial charge in [-0.25, -0.2) is 9.37 Å². The lowest BCUT2D eigenvalue weighted by atomic mass is 10.1. The molecule has 2 rings (SSSR count). The lowest BCUT2D eigenvalue weighted by Crippen LogP contribution is -2.18. The molecule has 0 radical (unpaired) electrons. The zero-order chi connectivity index (χ0) is 13.8. The summed E-state index contributed by atoms with van der Waals surface area (Å²) in [6.45, 7) is 3.23. The van der Waals surface area contributed by atoms with Gasteiger partial charge in [0, 0.05) is 23.5 Å². The van der Waals surface area contributed by atoms with E-state index in [0.29, 0.717) is 17.7 Å². The predicted molar refractivity (Wildman–Crippen MR) is 73.1 cm³/mol. The molecular weight excluding hydrogens is 261 g/mol. The summed E-state index contributed by atoms with van der Waals surface area (Å²) >= 11 is 1.61. The fraction of sp³-hybridized carbons (Fsp3) is 0.286. The Morgan fingerprint density at radius 3 is 2.79 bits per heavy atom. The minimum Gasteiger partial charge on any atom is -0.297 e. The van der Waals surface area contributed by atoms with Crippen molar-refractivity contribution in [2.45, 2.75) is 20.0 Å². The highest BCUT2D eigenvalue weighted by molar-refractivity contribution is 7.09. The molecule has 1 aromatic heterocycles. The first kappa shape index (κ1) is 13.7. The third-order valence-corrected chi connectivity index (χ3v) is 3.80. The van der Waals surface area contributed by atoms with Crippen LogP contribution in [0.1, 0.15) is 21.7 Å². The van der Waals surface area contributed by atoms with Gasteiger partial charge >= 0.3 is 0 Å². The molecule has 19 heavy (non-hydrogen) atoms. The van der Waals surface area contributed by atoms with Gasteiger partial charge in [0.25, 0.3) is 0 Å². The van der Waals surface area contributed by atoms with Gasteiger partial charge in [-0.1, -0.05) is 6.07 Å². The van der Waals surface area contributed by atoms with Crippen LogP contribution < -0.4 is 0 Å². The normalized spacial score (nSPS) is 10.7. The van der Waals surface area contributed by atoms with Crippen LogP contribution in [0.3, 0.4) is 0 Å². The standard InChI is InChI=1S/C14H14FN3S/c1-10-14(19-9-17-10)8-18(2)7-12-4-3-11(6-16)5-13(12)15/h3-5,9H,7-8H2,1-2H3. The molecule has 0 saturated carbocycles. The maximum atomic E-state index is 13.8. The number of nitriles is 1. The Labute approximate surface area is 115 Å². The molecule has 0 atom stereocenters. The fourth-order valence-corrected chi connectivity index (χ4v) is 2.67. The first-order chi connectivity index (χ1) is 9.10. The summed E-state index contributed by atoms with van der Waals surface area (Å²) in [7, 11) is 1.94. The quantitative estimate of drug-likeness (QED) is 0.860. The van der Waals surface area contributed by atoms with Crippen molar-refractivity contribution in [3.05, 3.63) is 51.2 Å². The molecule has 98 valence electrons. The summed E-state index contributed by atoms with van der Waals surface area (Å²) in [6.07, 6.45) is 0. The number of aryl methyl sites for hydroxylation is 1. The van der Waals surface area contributed by atoms with Crippen molar-refractivity contribution in [2.75, 3.05) is 7.05 Å². The predicted octanol–water partition coefficient (Wildman–Crippen LogP) is 3.09. The summed E-state index contributed by atoms with van der Waals surface area (Å²) < 4.78 is 13.8. The van der Waals surface area contributed by atoms with Crippen LogP contribution in [0.5, 0.6) is 0 Å². The Balaban J connectivity index is 2.05. The van der Waals surface area contributed by atoms with Crippen molar-refractivity contribution in [3.63, 3.8) is 0 Å². The SMILES string of the molecule is Cc1ncsc1CN(C)Cc1ccc(C#N)cc1F. The van der Waals surface area contributed by atoms with Crippen LogP contribution in [0.25, 0.3) is 0 Å². The van der Waals surface area contributed by atoms with E-state index in [1.807, 2.05) is 30.5 Å². The monoisotopic (exact) mass is 275 g/mol. The van der Waals surface area contributed by atoms with E-state index < -0.39 is 0 Å². The van der Waals surface area contributed by atoms with E-state index in [1.54, 1.807) is 23.5 Å². The second-order valence-electron chi connectivity index (χ2n) is 4.45. The van der Waals surface area contributed by atoms with E-state index in [-0.39, 0.29) is 5.82 Å². The number of aromatic nitrogens is 1. The van der Waals surface area contributed by atoms with Crippen LogP contribution in [0.4, 0.5) is 4.39 Å². The molecule has 1 heterocycles. The van der Waals surface area contributed by atoms with Gasteiger partial charge in [-0.3, -0.25) is 4.90 Å². The van der Waals surface area contributed by atoms with Crippen LogP contribution in [-0.2, 0) is 13.1 Å². The van der Waals surface area contributed by atoms with E-state index in [0.717, 1.165) is 12.2 Å². The van der Waals surface area contributed by atoms with Crippen LogP contribution in [0, 0.1) is 24.1 Å². The summed E-state index contributed by atoms with van der Waals surface area (Å²) in [5, 5.41) is 8.70. The number of nitrogens with zero attached hydrogens (tertiary/aromatic N) is 3. The van der Waals surface area contributed by atoms with Crippen molar-refractivity contribution in [2.24, 2.45) is 0 Å². The highest BCUT2D eigenvalue weighted by Crippen LogP contribution is 2.17. The topological polar surface area (TPSA) is 39.9 Å². The molecule has 0 spiro atoms. The molecule has 0 aliphatic carbocycles. The molecule has 0 aliphatic heterocycles. The second kappa shape index (κ2) is 5.91. The van der Waals surface area contributed by atoms with Gasteiger partial charge in [0.1, 0.15) is 5.82 Å². The maximum Gasteiger partial charge on any atom is 0.129 e. The smallest absolute Gasteiger partial charge is 0.129 e. The van der Waals surface area contributed by atoms with Gasteiger partial charge in [-0.05, 0) is 26.1 Å². The van der Waals surface area contributed by atoms with Crippen molar-refractivity contribution in [3.8, 4) is 6.07 Å². The maximum absolute atomic E-state index is 13.8. The number of rotatable bonds is 4. The van der Waals surface area contributed by atoms with E-state index in [1.165, 1.54) is 10.9 Å². The van der Waals surface area contributed by atoms with Gasteiger partial charge in [0.2, 0.25) is 0 Å². The molecule has 0 bridgehead atoms. The Kier molecular flexibility index (Phi) is 4.25. The molecule has 0 aliphatic rings. The largest absolute Gasteiger partial charge is 0.297 e. The summed E-state index contributed by atoms with van der Waals surface area (Å²) in [4.78, 5) is 7.42. The minimum atomic E-state index is -0.327. The van der Waals surface area contributed by atoms with Crippen LogP contribution in [0.15, 0.2) is 23.7 Å². The zero-order valence-electron chi connectivity index (χ0n) is 10.9. The number of thiazole rings is 1. The van der Waals surface area contributed by atoms with Crippen LogP contribution >= 0.6 is 11.3 Å². The van der Waals surface area contributed by atoms with E-state index in [4.69, 9.17) is 5.26 Å². The van der Waals surface area contributed by atoms with Crippen molar-refractivity contribution >= 4 is 11.3 Å². The number of halogens is 1. The first-order valence-electron chi connectivity index (χ1n) is 5.86. The highest BCUT2D eigenvalue weighted by Gasteiger charge is 2.09. The lowest BCUT2D eigenvalue weighted by Gasteiger charge is -2.16. The molecule has 5 heteroatoms. The summed E-state index contributed by atoms with van der Waals surface area (Å²) in [5.74, 6) is -0.327. The van der Waals surface area contributed by atoms with Crippen LogP contribution in [0.2, 0.25) is 0 Å². The Bertz CT molecular complexity index is 615. The van der Waals surface area contributed by atoms with E-state index in [9.17, 15) is 4.39 Å². The van der Waals surface area contributed by atoms with Gasteiger partial charge < -0.3 is 0 Å². The second-order valence-corrected chi connectivity index (χ2v) is 5.39. The van der Waals surface area contributed by atoms with Gasteiger partial charge in [-0.15, -0.1) is 11.3 Å². The average molecular weight is 275 g/mol. The van der Waals surface area contributed by atoms with Crippen molar-refractivity contribution in [1.82, 2.24) is 9.88 Å². The molecule has 0 unspecified atom stereocenters. The number of hydrogen-bond donors (Lipinski definition) is 0. The third-order valence-electron chi connectivity index (χ3n) is 2.88. The Hall–Kier alpha value is -1.77. The molecule has 0 amide bonds. The summed E-state index contributed by atoms with van der Waals surface area (Å²) in [5.41, 5.74) is 3.80. The van der Waals surface area contributed by atoms with E-state index >= 15 is 0 Å². The Morgan fingerprint density at radius 2 is 2.21 bits per heavy atom. The van der Waals surface area contributed by atoms with E-state index in [2.05, 4.69) is 4.98 Å². The number of benzene rings is 1. The average Bonchev–Trinajstić information content (AvgIpc) is 2.77. The van der Waals surface area contributed by atoms with Crippen molar-refractivity contribution in [1.29, 1.82) is 5.26 Å². The molecule has 2 aromatic rings. The number of hydrogen-bond acceptors (Lipinski definition) is 4. The third kappa shape index (κ3) is 3.37. The van der Waals surface area contributed by atoms with Crippen LogP contribution in [-0.4, -0.2) is 16.9 Å². The summed E-state index contributed by atoms with van der Waals surface area (Å²) in [6, 6.07) is 6.52. The van der Waals surface area contributed by atoms with Gasteiger partial charge in [0.15, 0.2) is 0 Å². The first-order valence-corrected chi connectivity index (χ1v) is 6.74. The highest BCUT2D eigenvalue weighted by atomic mass is 32.1. The minimum absolute atomic E-state index is 0.327. The fourth-order valence-electron chi connectivity index (χ4n) is 1.81. The van der Waals surface area contributed by atoms with Gasteiger partial charge in [0.05, 0.1) is 22.8 Å². The molecule has 0 fully saturated rings. The van der Waals surface area contributed by atoms with Gasteiger partial charge in [-0.2, -0.15) is 5.26 Å². The molecule has 0 saturated heterocycles. The van der Waals surface area contributed by atoms with Crippen molar-refractivity contribution < 1.29 is 4.39 Å². The lowest BCUT2D eigenvalue weighted by molar-refractivity contribution is 0.315.